The molecule has 0 amide bonds. The minimum absolute atomic E-state index is 0. The summed E-state index contributed by atoms with van der Waals surface area (Å²) in [6.07, 6.45) is 2.01. The van der Waals surface area contributed by atoms with Gasteiger partial charge in [-0.05, 0) is 32.3 Å². The van der Waals surface area contributed by atoms with Crippen molar-refractivity contribution in [2.75, 3.05) is 0 Å². The van der Waals surface area contributed by atoms with E-state index in [1.807, 2.05) is 54.8 Å². The zero-order valence-electron chi connectivity index (χ0n) is 15.4. The molecule has 0 unspecified atom stereocenters. The van der Waals surface area contributed by atoms with Crippen LogP contribution in [-0.2, 0) is 4.79 Å². The van der Waals surface area contributed by atoms with E-state index >= 15 is 0 Å². The zero-order chi connectivity index (χ0) is 17.1. The molecule has 0 atom stereocenters. The first-order valence-electron chi connectivity index (χ1n) is 7.92. The van der Waals surface area contributed by atoms with Gasteiger partial charge in [0.05, 0.1) is 12.3 Å². The van der Waals surface area contributed by atoms with Crippen molar-refractivity contribution in [1.82, 2.24) is 0 Å². The Hall–Kier alpha value is -0.227. The van der Waals surface area contributed by atoms with Gasteiger partial charge in [-0.2, -0.15) is 6.07 Å². The van der Waals surface area contributed by atoms with E-state index < -0.39 is 5.97 Å². The van der Waals surface area contributed by atoms with Crippen molar-refractivity contribution in [3.05, 3.63) is 71.8 Å². The van der Waals surface area contributed by atoms with Gasteiger partial charge in [-0.25, -0.2) is 0 Å². The quantitative estimate of drug-likeness (QED) is 0.136. The number of carbonyl (C=O) groups excluding carboxylic acids is 2. The third kappa shape index (κ3) is 3.44. The van der Waals surface area contributed by atoms with Crippen molar-refractivity contribution >= 4 is 55.3 Å². The van der Waals surface area contributed by atoms with E-state index in [4.69, 9.17) is 0 Å². The second kappa shape index (κ2) is 9.28. The molecule has 4 nitrogen and oxygen atoms in total. The van der Waals surface area contributed by atoms with Crippen LogP contribution in [0.3, 0.4) is 0 Å². The number of fused-ring (bicyclic) bond motifs is 2. The van der Waals surface area contributed by atoms with Crippen molar-refractivity contribution in [2.45, 2.75) is 0 Å². The summed E-state index contributed by atoms with van der Waals surface area (Å²) >= 11 is 0. The van der Waals surface area contributed by atoms with Crippen LogP contribution in [-0.4, -0.2) is 17.7 Å². The van der Waals surface area contributed by atoms with Crippen LogP contribution < -0.4 is 108 Å². The van der Waals surface area contributed by atoms with Crippen LogP contribution >= 0.6 is 0 Å². The van der Waals surface area contributed by atoms with Crippen molar-refractivity contribution in [1.29, 1.82) is 0 Å². The van der Waals surface area contributed by atoms with E-state index in [1.54, 1.807) is 12.1 Å². The standard InChI is InChI=1S/C22H11O3.2K.H2O/c23-11-12-7-8-17-15-5-2-6-16-19(22(24)25)10-9-18(21(15)16)14-4-1-3-13(12)20(14)17;;;/h1-10H,(H,24,25);;;1H2/q-1;2*+1;/p-2. The fourth-order valence-corrected chi connectivity index (χ4v) is 3.98. The van der Waals surface area contributed by atoms with E-state index in [1.165, 1.54) is 0 Å². The molecule has 5 aromatic carbocycles. The summed E-state index contributed by atoms with van der Waals surface area (Å²) in [5.41, 5.74) is 0.719. The van der Waals surface area contributed by atoms with Crippen molar-refractivity contribution < 1.29 is 123 Å². The first-order valence-corrected chi connectivity index (χ1v) is 7.92. The summed E-state index contributed by atoms with van der Waals surface area (Å²) in [6, 6.07) is 18.6. The molecule has 5 aromatic rings. The number of aromatic carboxylic acids is 1. The van der Waals surface area contributed by atoms with Gasteiger partial charge in [-0.1, -0.05) is 47.9 Å². The average molecular weight is 418 g/mol. The van der Waals surface area contributed by atoms with E-state index in [2.05, 4.69) is 0 Å². The molecule has 0 bridgehead atoms. The number of rotatable bonds is 2. The molecule has 0 aromatic heterocycles. The third-order valence-electron chi connectivity index (χ3n) is 4.99. The van der Waals surface area contributed by atoms with Crippen LogP contribution in [0.2, 0.25) is 0 Å². The molecule has 0 aliphatic rings. The maximum absolute atomic E-state index is 11.5. The molecule has 1 N–H and O–H groups in total. The average Bonchev–Trinajstić information content (AvgIpc) is 2.65. The van der Waals surface area contributed by atoms with Gasteiger partial charge in [0.1, 0.15) is 0 Å². The topological polar surface area (TPSA) is 87.2 Å². The molecule has 0 saturated heterocycles. The second-order valence-electron chi connectivity index (χ2n) is 6.17. The summed E-state index contributed by atoms with van der Waals surface area (Å²) in [5, 5.41) is 18.9. The van der Waals surface area contributed by atoms with Gasteiger partial charge in [0.15, 0.2) is 0 Å². The first kappa shape index (κ1) is 24.0. The molecule has 0 spiro atoms. The molecule has 0 heterocycles. The summed E-state index contributed by atoms with van der Waals surface area (Å²) in [7, 11) is 0. The predicted molar refractivity (Wildman–Crippen MR) is 98.7 cm³/mol. The van der Waals surface area contributed by atoms with E-state index in [0.717, 1.165) is 37.7 Å². The molecular formula is C22H11K2O4-. The van der Waals surface area contributed by atoms with E-state index in [9.17, 15) is 14.7 Å². The summed E-state index contributed by atoms with van der Waals surface area (Å²) in [4.78, 5) is 22.8. The van der Waals surface area contributed by atoms with Crippen LogP contribution in [0.15, 0.2) is 60.7 Å². The Morgan fingerprint density at radius 2 is 1.14 bits per heavy atom. The van der Waals surface area contributed by atoms with Gasteiger partial charge in [0.2, 0.25) is 0 Å². The van der Waals surface area contributed by atoms with Crippen molar-refractivity contribution in [2.24, 2.45) is 0 Å². The predicted octanol–water partition coefficient (Wildman–Crippen LogP) is -2.61. The van der Waals surface area contributed by atoms with Gasteiger partial charge in [0, 0.05) is 5.56 Å². The molecule has 0 radical (unpaired) electrons. The van der Waals surface area contributed by atoms with Crippen LogP contribution in [0.25, 0.3) is 43.1 Å². The van der Waals surface area contributed by atoms with Crippen LogP contribution in [0.4, 0.5) is 0 Å². The Bertz CT molecular complexity index is 1320. The van der Waals surface area contributed by atoms with Crippen LogP contribution in [0.5, 0.6) is 0 Å². The minimum atomic E-state index is -1.18. The Balaban J connectivity index is 0.000000934. The maximum atomic E-state index is 11.5. The number of carboxylic acids is 1. The smallest absolute Gasteiger partial charge is 0.870 e. The summed E-state index contributed by atoms with van der Waals surface area (Å²) < 4.78 is 0. The Labute approximate surface area is 245 Å². The fourth-order valence-electron chi connectivity index (χ4n) is 3.98. The number of benzene rings is 5. The molecule has 0 aliphatic carbocycles. The molecule has 126 valence electrons. The molecule has 0 saturated carbocycles. The van der Waals surface area contributed by atoms with Gasteiger partial charge >= 0.3 is 103 Å². The number of carbonyl (C=O) groups is 1. The summed E-state index contributed by atoms with van der Waals surface area (Å²) in [6.45, 7) is 0. The molecule has 6 heteroatoms. The third-order valence-corrected chi connectivity index (χ3v) is 4.99. The molecule has 0 aliphatic heterocycles. The fraction of sp³-hybridized carbons (Fsp3) is 0. The monoisotopic (exact) mass is 417 g/mol. The Kier molecular flexibility index (Phi) is 7.97. The number of carboxylic acid groups (broad SMARTS) is 1. The van der Waals surface area contributed by atoms with Gasteiger partial charge in [-0.3, -0.25) is 0 Å². The SMILES string of the molecule is O=[C-]c1ccc2c3cccc4c(C(=O)[O-])ccc(c5cccc1c25)c43.[K+].[K+].[OH-]. The molecule has 28 heavy (non-hydrogen) atoms. The normalized spacial score (nSPS) is 10.4. The Morgan fingerprint density at radius 1 is 0.679 bits per heavy atom. The molecule has 0 fully saturated rings. The molecular weight excluding hydrogens is 406 g/mol. The summed E-state index contributed by atoms with van der Waals surface area (Å²) in [5.74, 6) is -1.18. The minimum Gasteiger partial charge on any atom is -0.870 e. The maximum Gasteiger partial charge on any atom is 1.00 e. The van der Waals surface area contributed by atoms with Crippen molar-refractivity contribution in [3.8, 4) is 0 Å². The van der Waals surface area contributed by atoms with Gasteiger partial charge in [-0.15, -0.1) is 23.1 Å². The number of hydrogen-bond acceptors (Lipinski definition) is 4. The van der Waals surface area contributed by atoms with E-state index in [-0.39, 0.29) is 114 Å². The molecule has 5 rings (SSSR count). The Morgan fingerprint density at radius 3 is 1.71 bits per heavy atom. The van der Waals surface area contributed by atoms with E-state index in [0.29, 0.717) is 10.9 Å². The van der Waals surface area contributed by atoms with Crippen LogP contribution in [0, 0.1) is 0 Å². The second-order valence-corrected chi connectivity index (χ2v) is 6.17. The largest absolute Gasteiger partial charge is 1.00 e. The van der Waals surface area contributed by atoms with Crippen molar-refractivity contribution in [3.63, 3.8) is 0 Å². The number of hydrogen-bond donors (Lipinski definition) is 0. The van der Waals surface area contributed by atoms with Crippen LogP contribution in [0.1, 0.15) is 15.9 Å². The van der Waals surface area contributed by atoms with Gasteiger partial charge < -0.3 is 20.2 Å². The van der Waals surface area contributed by atoms with Gasteiger partial charge in [0.25, 0.3) is 0 Å². The zero-order valence-corrected chi connectivity index (χ0v) is 21.7. The first-order chi connectivity index (χ1) is 12.2.